The maximum atomic E-state index is 12.3. The van der Waals surface area contributed by atoms with Gasteiger partial charge in [0, 0.05) is 38.0 Å². The molecule has 3 atom stereocenters. The lowest BCUT2D eigenvalue weighted by Gasteiger charge is -2.17. The third-order valence-electron chi connectivity index (χ3n) is 6.80. The molecule has 4 rings (SSSR count). The van der Waals surface area contributed by atoms with E-state index in [9.17, 15) is 14.4 Å². The molecule has 0 spiro atoms. The fourth-order valence-electron chi connectivity index (χ4n) is 4.92. The van der Waals surface area contributed by atoms with Gasteiger partial charge >= 0.3 is 12.1 Å². The molecule has 2 aromatic rings. The number of hydrogen-bond donors (Lipinski definition) is 3. The van der Waals surface area contributed by atoms with Crippen LogP contribution >= 0.6 is 0 Å². The van der Waals surface area contributed by atoms with Crippen LogP contribution in [0, 0.1) is 11.8 Å². The molecule has 8 heteroatoms. The van der Waals surface area contributed by atoms with E-state index in [1.54, 1.807) is 0 Å². The number of amides is 2. The average molecular weight is 481 g/mol. The first-order valence-electron chi connectivity index (χ1n) is 12.1. The highest BCUT2D eigenvalue weighted by Gasteiger charge is 2.34. The van der Waals surface area contributed by atoms with Gasteiger partial charge in [-0.05, 0) is 41.0 Å². The Morgan fingerprint density at radius 3 is 2.37 bits per heavy atom. The quantitative estimate of drug-likeness (QED) is 0.479. The van der Waals surface area contributed by atoms with Gasteiger partial charge in [0.15, 0.2) is 6.10 Å². The summed E-state index contributed by atoms with van der Waals surface area (Å²) in [6, 6.07) is 16.4. The van der Waals surface area contributed by atoms with Crippen molar-refractivity contribution in [2.24, 2.45) is 11.8 Å². The van der Waals surface area contributed by atoms with Crippen molar-refractivity contribution in [2.75, 3.05) is 26.3 Å². The third kappa shape index (κ3) is 6.00. The molecule has 186 valence electrons. The molecule has 0 radical (unpaired) electrons. The van der Waals surface area contributed by atoms with E-state index in [4.69, 9.17) is 14.6 Å². The van der Waals surface area contributed by atoms with Gasteiger partial charge in [-0.3, -0.25) is 4.79 Å². The Kier molecular flexibility index (Phi) is 8.02. The van der Waals surface area contributed by atoms with E-state index in [0.29, 0.717) is 39.0 Å². The molecule has 8 nitrogen and oxygen atoms in total. The SMILES string of the molecule is CC(CCNC(=O)OCC1c2ccccc2-c2ccccc21)CC(=O)NC[C@@H]1CCO[C@@H]1C(=O)O. The van der Waals surface area contributed by atoms with E-state index in [1.165, 1.54) is 22.3 Å². The maximum absolute atomic E-state index is 12.3. The predicted molar refractivity (Wildman–Crippen MR) is 130 cm³/mol. The van der Waals surface area contributed by atoms with Crippen molar-refractivity contribution >= 4 is 18.0 Å². The molecule has 35 heavy (non-hydrogen) atoms. The van der Waals surface area contributed by atoms with Crippen molar-refractivity contribution in [3.63, 3.8) is 0 Å². The number of hydrogen-bond acceptors (Lipinski definition) is 5. The third-order valence-corrected chi connectivity index (χ3v) is 6.80. The van der Waals surface area contributed by atoms with Gasteiger partial charge in [0.25, 0.3) is 0 Å². The number of fused-ring (bicyclic) bond motifs is 3. The Morgan fingerprint density at radius 2 is 1.71 bits per heavy atom. The molecular weight excluding hydrogens is 448 g/mol. The first-order valence-corrected chi connectivity index (χ1v) is 12.1. The summed E-state index contributed by atoms with van der Waals surface area (Å²) >= 11 is 0. The molecule has 1 saturated heterocycles. The van der Waals surface area contributed by atoms with Crippen molar-refractivity contribution in [1.82, 2.24) is 10.6 Å². The van der Waals surface area contributed by atoms with Crippen molar-refractivity contribution < 1.29 is 29.0 Å². The van der Waals surface area contributed by atoms with Gasteiger partial charge in [0.05, 0.1) is 0 Å². The van der Waals surface area contributed by atoms with Crippen LogP contribution in [0.4, 0.5) is 4.79 Å². The van der Waals surface area contributed by atoms with E-state index in [1.807, 2.05) is 31.2 Å². The number of alkyl carbamates (subject to hydrolysis) is 1. The van der Waals surface area contributed by atoms with Gasteiger partial charge in [-0.1, -0.05) is 55.5 Å². The van der Waals surface area contributed by atoms with Gasteiger partial charge in [-0.15, -0.1) is 0 Å². The van der Waals surface area contributed by atoms with Gasteiger partial charge in [0.1, 0.15) is 6.61 Å². The van der Waals surface area contributed by atoms with Crippen LogP contribution in [0.15, 0.2) is 48.5 Å². The van der Waals surface area contributed by atoms with Gasteiger partial charge in [0.2, 0.25) is 5.91 Å². The topological polar surface area (TPSA) is 114 Å². The number of carboxylic acids is 1. The number of ether oxygens (including phenoxy) is 2. The molecule has 1 fully saturated rings. The van der Waals surface area contributed by atoms with Crippen molar-refractivity contribution in [1.29, 1.82) is 0 Å². The van der Waals surface area contributed by atoms with E-state index in [0.717, 1.165) is 0 Å². The molecule has 1 aliphatic carbocycles. The van der Waals surface area contributed by atoms with Crippen LogP contribution in [0.1, 0.15) is 43.2 Å². The van der Waals surface area contributed by atoms with Crippen LogP contribution in [-0.4, -0.2) is 55.5 Å². The maximum Gasteiger partial charge on any atom is 0.407 e. The Labute approximate surface area is 205 Å². The normalized spacial score (nSPS) is 19.5. The minimum absolute atomic E-state index is 0.0155. The predicted octanol–water partition coefficient (Wildman–Crippen LogP) is 3.55. The van der Waals surface area contributed by atoms with Gasteiger partial charge < -0.3 is 25.2 Å². The molecule has 0 bridgehead atoms. The summed E-state index contributed by atoms with van der Waals surface area (Å²) in [6.07, 6.45) is 0.231. The fraction of sp³-hybridized carbons (Fsp3) is 0.444. The van der Waals surface area contributed by atoms with Crippen LogP contribution in [0.3, 0.4) is 0 Å². The number of rotatable bonds is 10. The highest BCUT2D eigenvalue weighted by Crippen LogP contribution is 2.44. The van der Waals surface area contributed by atoms with Gasteiger partial charge in [-0.2, -0.15) is 0 Å². The molecule has 2 amide bonds. The minimum Gasteiger partial charge on any atom is -0.479 e. The minimum atomic E-state index is -0.991. The van der Waals surface area contributed by atoms with Crippen LogP contribution in [-0.2, 0) is 19.1 Å². The highest BCUT2D eigenvalue weighted by molar-refractivity contribution is 5.79. The smallest absolute Gasteiger partial charge is 0.407 e. The van der Waals surface area contributed by atoms with E-state index >= 15 is 0 Å². The Morgan fingerprint density at radius 1 is 1.06 bits per heavy atom. The van der Waals surface area contributed by atoms with Crippen molar-refractivity contribution in [2.45, 2.75) is 38.2 Å². The number of carboxylic acid groups (broad SMARTS) is 1. The van der Waals surface area contributed by atoms with Crippen LogP contribution in [0.5, 0.6) is 0 Å². The van der Waals surface area contributed by atoms with E-state index in [2.05, 4.69) is 34.9 Å². The van der Waals surface area contributed by atoms with Crippen molar-refractivity contribution in [3.8, 4) is 11.1 Å². The largest absolute Gasteiger partial charge is 0.479 e. The van der Waals surface area contributed by atoms with Crippen LogP contribution in [0.2, 0.25) is 0 Å². The number of carbonyl (C=O) groups is 3. The zero-order chi connectivity index (χ0) is 24.8. The Bertz CT molecular complexity index is 1030. The molecule has 2 aliphatic rings. The standard InChI is InChI=1S/C27H32N2O6/c1-17(14-24(30)29-15-18-11-13-34-25(18)26(31)32)10-12-28-27(33)35-16-23-21-8-4-2-6-19(21)20-7-3-5-9-22(20)23/h2-9,17-18,23,25H,10-16H2,1H3,(H,28,33)(H,29,30)(H,31,32)/t17?,18-,25-/m0/s1. The second-order valence-corrected chi connectivity index (χ2v) is 9.33. The lowest BCUT2D eigenvalue weighted by Crippen LogP contribution is -2.37. The molecule has 1 aliphatic heterocycles. The van der Waals surface area contributed by atoms with E-state index in [-0.39, 0.29) is 30.3 Å². The first kappa shape index (κ1) is 24.7. The van der Waals surface area contributed by atoms with Crippen molar-refractivity contribution in [3.05, 3.63) is 59.7 Å². The lowest BCUT2D eigenvalue weighted by molar-refractivity contribution is -0.149. The highest BCUT2D eigenvalue weighted by atomic mass is 16.5. The van der Waals surface area contributed by atoms with Crippen LogP contribution < -0.4 is 10.6 Å². The molecule has 1 heterocycles. The summed E-state index contributed by atoms with van der Waals surface area (Å²) in [5.74, 6) is -1.26. The first-order chi connectivity index (χ1) is 16.9. The lowest BCUT2D eigenvalue weighted by atomic mass is 9.98. The zero-order valence-corrected chi connectivity index (χ0v) is 19.9. The van der Waals surface area contributed by atoms with E-state index < -0.39 is 18.2 Å². The molecule has 0 aromatic heterocycles. The zero-order valence-electron chi connectivity index (χ0n) is 19.9. The molecule has 2 aromatic carbocycles. The summed E-state index contributed by atoms with van der Waals surface area (Å²) < 4.78 is 10.7. The number of aliphatic carboxylic acids is 1. The number of carbonyl (C=O) groups excluding carboxylic acids is 2. The molecule has 1 unspecified atom stereocenters. The second-order valence-electron chi connectivity index (χ2n) is 9.33. The molecule has 0 saturated carbocycles. The summed E-state index contributed by atoms with van der Waals surface area (Å²) in [7, 11) is 0. The Balaban J connectivity index is 1.16. The number of nitrogens with one attached hydrogen (secondary N) is 2. The monoisotopic (exact) mass is 480 g/mol. The summed E-state index contributed by atoms with van der Waals surface area (Å²) in [5, 5.41) is 14.7. The molecule has 3 N–H and O–H groups in total. The van der Waals surface area contributed by atoms with Crippen LogP contribution in [0.25, 0.3) is 11.1 Å². The average Bonchev–Trinajstić information content (AvgIpc) is 3.44. The second kappa shape index (κ2) is 11.4. The number of benzene rings is 2. The fourth-order valence-corrected chi connectivity index (χ4v) is 4.92. The summed E-state index contributed by atoms with van der Waals surface area (Å²) in [4.78, 5) is 35.7. The summed E-state index contributed by atoms with van der Waals surface area (Å²) in [6.45, 7) is 3.30. The summed E-state index contributed by atoms with van der Waals surface area (Å²) in [5.41, 5.74) is 4.70. The van der Waals surface area contributed by atoms with Gasteiger partial charge in [-0.25, -0.2) is 9.59 Å². The Hall–Kier alpha value is -3.39. The molecular formula is C27H32N2O6.